The van der Waals surface area contributed by atoms with E-state index in [2.05, 4.69) is 5.32 Å². The van der Waals surface area contributed by atoms with Gasteiger partial charge in [-0.2, -0.15) is 13.2 Å². The molecule has 0 aromatic heterocycles. The van der Waals surface area contributed by atoms with Crippen molar-refractivity contribution in [2.24, 2.45) is 0 Å². The summed E-state index contributed by atoms with van der Waals surface area (Å²) in [4.78, 5) is 56.8. The second kappa shape index (κ2) is 10.8. The molecule has 1 atom stereocenters. The number of alkyl halides is 3. The molecule has 8 nitrogen and oxygen atoms in total. The maximum atomic E-state index is 13.3. The fourth-order valence-corrected chi connectivity index (χ4v) is 5.29. The molecule has 4 aromatic rings. The van der Waals surface area contributed by atoms with Gasteiger partial charge in [-0.15, -0.1) is 0 Å². The standard InChI is InChI=1S/C32H21F3N2O6/c33-32(34,35)19-15-13-18(14-16-19)27(30(40)43-37-28(38)24-11-5-6-12-25(24)29(37)39)36-31(41)42-17-26-22-9-3-1-7-20(22)21-8-2-4-10-23(21)26/h1-16,26-27H,17H2,(H,36,41). The third-order valence-electron chi connectivity index (χ3n) is 7.35. The van der Waals surface area contributed by atoms with Crippen molar-refractivity contribution in [3.05, 3.63) is 130 Å². The van der Waals surface area contributed by atoms with Crippen molar-refractivity contribution in [2.75, 3.05) is 6.61 Å². The van der Waals surface area contributed by atoms with Crippen LogP contribution >= 0.6 is 0 Å². The number of carbonyl (C=O) groups is 4. The Morgan fingerprint density at radius 3 is 1.74 bits per heavy atom. The Balaban J connectivity index is 1.22. The number of rotatable bonds is 6. The van der Waals surface area contributed by atoms with Crippen LogP contribution in [0.3, 0.4) is 0 Å². The zero-order chi connectivity index (χ0) is 30.3. The number of carbonyl (C=O) groups excluding carboxylic acids is 4. The lowest BCUT2D eigenvalue weighted by atomic mass is 9.98. The van der Waals surface area contributed by atoms with E-state index in [1.54, 1.807) is 0 Å². The van der Waals surface area contributed by atoms with E-state index in [1.807, 2.05) is 48.5 Å². The van der Waals surface area contributed by atoms with Crippen molar-refractivity contribution in [1.29, 1.82) is 0 Å². The van der Waals surface area contributed by atoms with Crippen molar-refractivity contribution >= 4 is 23.9 Å². The van der Waals surface area contributed by atoms with Gasteiger partial charge in [-0.1, -0.05) is 77.9 Å². The van der Waals surface area contributed by atoms with Crippen LogP contribution in [0.2, 0.25) is 0 Å². The Hall–Kier alpha value is -5.45. The Kier molecular flexibility index (Phi) is 6.93. The molecular weight excluding hydrogens is 565 g/mol. The maximum absolute atomic E-state index is 13.3. The highest BCUT2D eigenvalue weighted by Crippen LogP contribution is 2.44. The number of amides is 3. The van der Waals surface area contributed by atoms with E-state index in [9.17, 15) is 32.3 Å². The second-order valence-electron chi connectivity index (χ2n) is 9.88. The lowest BCUT2D eigenvalue weighted by Crippen LogP contribution is -2.40. The molecule has 0 fully saturated rings. The molecule has 11 heteroatoms. The maximum Gasteiger partial charge on any atom is 0.416 e. The van der Waals surface area contributed by atoms with Gasteiger partial charge < -0.3 is 14.9 Å². The number of ether oxygens (including phenoxy) is 1. The smallest absolute Gasteiger partial charge is 0.416 e. The zero-order valence-corrected chi connectivity index (χ0v) is 22.1. The number of hydrogen-bond donors (Lipinski definition) is 1. The monoisotopic (exact) mass is 586 g/mol. The Bertz CT molecular complexity index is 1690. The molecule has 4 aromatic carbocycles. The van der Waals surface area contributed by atoms with Gasteiger partial charge in [0.2, 0.25) is 0 Å². The van der Waals surface area contributed by atoms with Gasteiger partial charge in [0.25, 0.3) is 11.8 Å². The predicted octanol–water partition coefficient (Wildman–Crippen LogP) is 6.04. The van der Waals surface area contributed by atoms with Crippen LogP contribution in [0.1, 0.15) is 54.9 Å². The molecule has 0 bridgehead atoms. The Morgan fingerprint density at radius 2 is 1.23 bits per heavy atom. The van der Waals surface area contributed by atoms with Crippen LogP contribution < -0.4 is 5.32 Å². The minimum absolute atomic E-state index is 0.0101. The summed E-state index contributed by atoms with van der Waals surface area (Å²) >= 11 is 0. The van der Waals surface area contributed by atoms with Gasteiger partial charge >= 0.3 is 18.2 Å². The van der Waals surface area contributed by atoms with Crippen molar-refractivity contribution in [3.8, 4) is 11.1 Å². The van der Waals surface area contributed by atoms with Crippen LogP contribution in [0.15, 0.2) is 97.1 Å². The fraction of sp³-hybridized carbons (Fsp3) is 0.125. The number of nitrogens with one attached hydrogen (secondary N) is 1. The average molecular weight is 587 g/mol. The van der Waals surface area contributed by atoms with Gasteiger partial charge in [-0.3, -0.25) is 9.59 Å². The third-order valence-corrected chi connectivity index (χ3v) is 7.35. The van der Waals surface area contributed by atoms with Crippen molar-refractivity contribution in [2.45, 2.75) is 18.1 Å². The van der Waals surface area contributed by atoms with Gasteiger partial charge in [0.15, 0.2) is 6.04 Å². The molecule has 43 heavy (non-hydrogen) atoms. The number of imide groups is 1. The zero-order valence-electron chi connectivity index (χ0n) is 22.1. The first-order chi connectivity index (χ1) is 20.6. The summed E-state index contributed by atoms with van der Waals surface area (Å²) in [5, 5.41) is 2.58. The van der Waals surface area contributed by atoms with E-state index in [1.165, 1.54) is 24.3 Å². The summed E-state index contributed by atoms with van der Waals surface area (Å²) in [6.07, 6.45) is -5.71. The van der Waals surface area contributed by atoms with Crippen LogP contribution in [-0.2, 0) is 20.5 Å². The number of halogens is 3. The van der Waals surface area contributed by atoms with E-state index in [0.717, 1.165) is 46.5 Å². The summed E-state index contributed by atoms with van der Waals surface area (Å²) in [6, 6.07) is 22.8. The molecule has 0 spiro atoms. The van der Waals surface area contributed by atoms with Crippen molar-refractivity contribution < 1.29 is 41.9 Å². The number of alkyl carbamates (subject to hydrolysis) is 1. The lowest BCUT2D eigenvalue weighted by molar-refractivity contribution is -0.171. The molecule has 3 amide bonds. The van der Waals surface area contributed by atoms with Gasteiger partial charge in [-0.05, 0) is 52.1 Å². The molecule has 6 rings (SSSR count). The van der Waals surface area contributed by atoms with Gasteiger partial charge in [0.05, 0.1) is 16.7 Å². The third kappa shape index (κ3) is 5.09. The summed E-state index contributed by atoms with van der Waals surface area (Å²) in [7, 11) is 0. The first-order valence-corrected chi connectivity index (χ1v) is 13.1. The minimum atomic E-state index is -4.64. The predicted molar refractivity (Wildman–Crippen MR) is 145 cm³/mol. The van der Waals surface area contributed by atoms with E-state index < -0.39 is 41.7 Å². The van der Waals surface area contributed by atoms with Crippen LogP contribution in [0.4, 0.5) is 18.0 Å². The Labute approximate surface area is 242 Å². The molecule has 0 radical (unpaired) electrons. The SMILES string of the molecule is O=C(NC(C(=O)ON1C(=O)c2ccccc2C1=O)c1ccc(C(F)(F)F)cc1)OCC1c2ccccc2-c2ccccc21. The molecule has 1 heterocycles. The quantitative estimate of drug-likeness (QED) is 0.277. The first-order valence-electron chi connectivity index (χ1n) is 13.1. The topological polar surface area (TPSA) is 102 Å². The van der Waals surface area contributed by atoms with Gasteiger partial charge in [0.1, 0.15) is 6.61 Å². The van der Waals surface area contributed by atoms with Gasteiger partial charge in [0, 0.05) is 5.92 Å². The first kappa shape index (κ1) is 27.7. The molecule has 0 saturated heterocycles. The molecule has 1 N–H and O–H groups in total. The van der Waals surface area contributed by atoms with Crippen molar-refractivity contribution in [3.63, 3.8) is 0 Å². The van der Waals surface area contributed by atoms with E-state index in [4.69, 9.17) is 9.57 Å². The molecule has 2 aliphatic rings. The summed E-state index contributed by atoms with van der Waals surface area (Å²) in [5.41, 5.74) is 2.83. The van der Waals surface area contributed by atoms with Crippen molar-refractivity contribution in [1.82, 2.24) is 10.4 Å². The molecule has 1 aliphatic carbocycles. The van der Waals surface area contributed by atoms with E-state index in [-0.39, 0.29) is 34.3 Å². The Morgan fingerprint density at radius 1 is 0.744 bits per heavy atom. The molecule has 0 saturated carbocycles. The minimum Gasteiger partial charge on any atom is -0.449 e. The number of hydrogen-bond acceptors (Lipinski definition) is 6. The van der Waals surface area contributed by atoms with Crippen LogP contribution in [0.25, 0.3) is 11.1 Å². The second-order valence-corrected chi connectivity index (χ2v) is 9.88. The van der Waals surface area contributed by atoms with Crippen LogP contribution in [0.5, 0.6) is 0 Å². The number of hydroxylamine groups is 2. The van der Waals surface area contributed by atoms with Crippen LogP contribution in [-0.4, -0.2) is 35.5 Å². The summed E-state index contributed by atoms with van der Waals surface area (Å²) in [5.74, 6) is -3.39. The van der Waals surface area contributed by atoms with E-state index in [0.29, 0.717) is 0 Å². The summed E-state index contributed by atoms with van der Waals surface area (Å²) < 4.78 is 45.0. The molecular formula is C32H21F3N2O6. The molecule has 1 aliphatic heterocycles. The van der Waals surface area contributed by atoms with Gasteiger partial charge in [-0.25, -0.2) is 9.59 Å². The highest BCUT2D eigenvalue weighted by atomic mass is 19.4. The molecule has 216 valence electrons. The lowest BCUT2D eigenvalue weighted by Gasteiger charge is -2.21. The fourth-order valence-electron chi connectivity index (χ4n) is 5.29. The highest BCUT2D eigenvalue weighted by molar-refractivity contribution is 6.21. The highest BCUT2D eigenvalue weighted by Gasteiger charge is 2.41. The van der Waals surface area contributed by atoms with Crippen LogP contribution in [0, 0.1) is 0 Å². The largest absolute Gasteiger partial charge is 0.449 e. The number of fused-ring (bicyclic) bond motifs is 4. The number of nitrogens with zero attached hydrogens (tertiary/aromatic N) is 1. The molecule has 1 unspecified atom stereocenters. The number of benzene rings is 4. The normalized spacial score (nSPS) is 14.5. The summed E-state index contributed by atoms with van der Waals surface area (Å²) in [6.45, 7) is -0.104. The van der Waals surface area contributed by atoms with E-state index >= 15 is 0 Å². The average Bonchev–Trinajstić information content (AvgIpc) is 3.45.